The lowest BCUT2D eigenvalue weighted by Crippen LogP contribution is -2.18. The zero-order chi connectivity index (χ0) is 18.2. The van der Waals surface area contributed by atoms with Gasteiger partial charge in [0.1, 0.15) is 5.75 Å². The number of esters is 1. The van der Waals surface area contributed by atoms with Crippen LogP contribution in [0.5, 0.6) is 17.2 Å². The van der Waals surface area contributed by atoms with Crippen molar-refractivity contribution in [2.75, 3.05) is 13.7 Å². The van der Waals surface area contributed by atoms with Crippen LogP contribution < -0.4 is 14.2 Å². The summed E-state index contributed by atoms with van der Waals surface area (Å²) in [6.07, 6.45) is 2.12. The Hall–Kier alpha value is -2.87. The van der Waals surface area contributed by atoms with Gasteiger partial charge in [-0.3, -0.25) is 10.1 Å². The smallest absolute Gasteiger partial charge is 0.349 e. The zero-order valence-corrected chi connectivity index (χ0v) is 14.8. The number of carbonyl (C=O) groups excluding carboxylic acids is 1. The Balaban J connectivity index is 2.01. The van der Waals surface area contributed by atoms with Crippen LogP contribution in [0.25, 0.3) is 6.08 Å². The van der Waals surface area contributed by atoms with Crippen molar-refractivity contribution in [1.82, 2.24) is 0 Å². The van der Waals surface area contributed by atoms with Crippen molar-refractivity contribution in [3.8, 4) is 17.2 Å². The highest BCUT2D eigenvalue weighted by atomic mass is 79.9. The number of nitro groups is 1. The van der Waals surface area contributed by atoms with Crippen molar-refractivity contribution >= 4 is 28.0 Å². The molecule has 7 nitrogen and oxygen atoms in total. The van der Waals surface area contributed by atoms with Crippen molar-refractivity contribution in [3.05, 3.63) is 68.8 Å². The topological polar surface area (TPSA) is 87.9 Å². The number of methoxy groups -OCH3 is 1. The minimum absolute atomic E-state index is 0.198. The lowest BCUT2D eigenvalue weighted by atomic mass is 10.2. The summed E-state index contributed by atoms with van der Waals surface area (Å²) in [5, 5.41) is 10.4. The van der Waals surface area contributed by atoms with E-state index in [4.69, 9.17) is 14.2 Å². The third-order valence-electron chi connectivity index (χ3n) is 2.95. The number of ether oxygens (including phenoxy) is 3. The van der Waals surface area contributed by atoms with Crippen LogP contribution in [0.4, 0.5) is 0 Å². The molecule has 0 aliphatic carbocycles. The van der Waals surface area contributed by atoms with Crippen molar-refractivity contribution < 1.29 is 23.9 Å². The van der Waals surface area contributed by atoms with Crippen molar-refractivity contribution in [2.45, 2.75) is 0 Å². The number of halogens is 1. The first-order valence-corrected chi connectivity index (χ1v) is 7.86. The second-order valence-corrected chi connectivity index (χ2v) is 5.65. The van der Waals surface area contributed by atoms with Crippen LogP contribution in [0, 0.1) is 10.1 Å². The minimum Gasteiger partial charge on any atom is -0.493 e. The molecule has 0 atom stereocenters. The Kier molecular flexibility index (Phi) is 6.53. The summed E-state index contributed by atoms with van der Waals surface area (Å²) in [5.41, 5.74) is 0.540. The molecule has 25 heavy (non-hydrogen) atoms. The van der Waals surface area contributed by atoms with Gasteiger partial charge in [-0.1, -0.05) is 28.1 Å². The van der Waals surface area contributed by atoms with Gasteiger partial charge >= 0.3 is 5.97 Å². The van der Waals surface area contributed by atoms with Gasteiger partial charge in [0, 0.05) is 10.5 Å². The molecular formula is C17H14BrNO6. The van der Waals surface area contributed by atoms with E-state index in [-0.39, 0.29) is 18.1 Å². The molecule has 0 spiro atoms. The fourth-order valence-electron chi connectivity index (χ4n) is 1.87. The second-order valence-electron chi connectivity index (χ2n) is 4.73. The monoisotopic (exact) mass is 407 g/mol. The SMILES string of the molecule is COc1cc(/C=C/[N+](=O)[O-])ccc1OC(=O)COc1cccc(Br)c1. The molecule has 0 aliphatic heterocycles. The Bertz CT molecular complexity index is 805. The molecule has 130 valence electrons. The summed E-state index contributed by atoms with van der Waals surface area (Å²) in [7, 11) is 1.41. The molecule has 2 aromatic carbocycles. The van der Waals surface area contributed by atoms with E-state index in [0.29, 0.717) is 11.3 Å². The van der Waals surface area contributed by atoms with Gasteiger partial charge in [0.15, 0.2) is 18.1 Å². The molecule has 0 fully saturated rings. The van der Waals surface area contributed by atoms with Crippen LogP contribution in [0.2, 0.25) is 0 Å². The van der Waals surface area contributed by atoms with Crippen LogP contribution in [0.15, 0.2) is 53.1 Å². The van der Waals surface area contributed by atoms with E-state index in [9.17, 15) is 14.9 Å². The maximum Gasteiger partial charge on any atom is 0.349 e. The second kappa shape index (κ2) is 8.84. The molecule has 0 amide bonds. The van der Waals surface area contributed by atoms with E-state index in [2.05, 4.69) is 15.9 Å². The lowest BCUT2D eigenvalue weighted by Gasteiger charge is -2.10. The van der Waals surface area contributed by atoms with Gasteiger partial charge in [0.25, 0.3) is 0 Å². The number of benzene rings is 2. The predicted molar refractivity (Wildman–Crippen MR) is 94.3 cm³/mol. The largest absolute Gasteiger partial charge is 0.493 e. The highest BCUT2D eigenvalue weighted by Gasteiger charge is 2.11. The summed E-state index contributed by atoms with van der Waals surface area (Å²) < 4.78 is 16.5. The van der Waals surface area contributed by atoms with Crippen LogP contribution in [0.1, 0.15) is 5.56 Å². The van der Waals surface area contributed by atoms with Crippen molar-refractivity contribution in [3.63, 3.8) is 0 Å². The van der Waals surface area contributed by atoms with Gasteiger partial charge in [0.2, 0.25) is 6.20 Å². The quantitative estimate of drug-likeness (QED) is 0.301. The molecule has 0 heterocycles. The first-order chi connectivity index (χ1) is 12.0. The maximum atomic E-state index is 11.9. The Morgan fingerprint density at radius 3 is 2.72 bits per heavy atom. The van der Waals surface area contributed by atoms with Gasteiger partial charge in [-0.15, -0.1) is 0 Å². The van der Waals surface area contributed by atoms with E-state index in [1.165, 1.54) is 25.3 Å². The molecule has 0 unspecified atom stereocenters. The van der Waals surface area contributed by atoms with Gasteiger partial charge in [-0.2, -0.15) is 0 Å². The third-order valence-corrected chi connectivity index (χ3v) is 3.45. The standard InChI is InChI=1S/C17H14BrNO6/c1-23-16-9-12(7-8-19(21)22)5-6-15(16)25-17(20)11-24-14-4-2-3-13(18)10-14/h2-10H,11H2,1H3/b8-7+. The lowest BCUT2D eigenvalue weighted by molar-refractivity contribution is -0.400. The molecule has 0 N–H and O–H groups in total. The van der Waals surface area contributed by atoms with Crippen molar-refractivity contribution in [2.24, 2.45) is 0 Å². The van der Waals surface area contributed by atoms with Gasteiger partial charge in [-0.05, 0) is 35.9 Å². The van der Waals surface area contributed by atoms with Gasteiger partial charge < -0.3 is 14.2 Å². The van der Waals surface area contributed by atoms with E-state index in [1.807, 2.05) is 6.07 Å². The molecule has 8 heteroatoms. The normalized spacial score (nSPS) is 10.5. The molecule has 0 saturated carbocycles. The highest BCUT2D eigenvalue weighted by molar-refractivity contribution is 9.10. The molecule has 0 aliphatic rings. The van der Waals surface area contributed by atoms with Crippen LogP contribution in [0.3, 0.4) is 0 Å². The Morgan fingerprint density at radius 2 is 2.04 bits per heavy atom. The predicted octanol–water partition coefficient (Wildman–Crippen LogP) is 3.69. The highest BCUT2D eigenvalue weighted by Crippen LogP contribution is 2.28. The zero-order valence-electron chi connectivity index (χ0n) is 13.2. The molecule has 0 aromatic heterocycles. The maximum absolute atomic E-state index is 11.9. The first-order valence-electron chi connectivity index (χ1n) is 7.06. The molecule has 0 radical (unpaired) electrons. The number of hydrogen-bond donors (Lipinski definition) is 0. The minimum atomic E-state index is -0.605. The summed E-state index contributed by atoms with van der Waals surface area (Å²) in [5.74, 6) is 0.398. The van der Waals surface area contributed by atoms with Crippen molar-refractivity contribution in [1.29, 1.82) is 0 Å². The summed E-state index contributed by atoms with van der Waals surface area (Å²) in [4.78, 5) is 21.7. The summed E-state index contributed by atoms with van der Waals surface area (Å²) in [6.45, 7) is -0.275. The molecule has 0 bridgehead atoms. The summed E-state index contributed by atoms with van der Waals surface area (Å²) >= 11 is 3.31. The van der Waals surface area contributed by atoms with Gasteiger partial charge in [-0.25, -0.2) is 4.79 Å². The average molecular weight is 408 g/mol. The Morgan fingerprint density at radius 1 is 1.24 bits per heavy atom. The fraction of sp³-hybridized carbons (Fsp3) is 0.118. The number of rotatable bonds is 7. The van der Waals surface area contributed by atoms with Gasteiger partial charge in [0.05, 0.1) is 12.0 Å². The molecule has 0 saturated heterocycles. The van der Waals surface area contributed by atoms with E-state index < -0.39 is 10.9 Å². The van der Waals surface area contributed by atoms with E-state index in [0.717, 1.165) is 10.7 Å². The molecular weight excluding hydrogens is 394 g/mol. The van der Waals surface area contributed by atoms with E-state index in [1.54, 1.807) is 24.3 Å². The van der Waals surface area contributed by atoms with E-state index >= 15 is 0 Å². The van der Waals surface area contributed by atoms with Crippen LogP contribution in [-0.4, -0.2) is 24.6 Å². The fourth-order valence-corrected chi connectivity index (χ4v) is 2.25. The average Bonchev–Trinajstić information content (AvgIpc) is 2.59. The Labute approximate surface area is 152 Å². The number of hydrogen-bond acceptors (Lipinski definition) is 6. The third kappa shape index (κ3) is 5.92. The molecule has 2 rings (SSSR count). The number of carbonyl (C=O) groups is 1. The number of nitrogens with zero attached hydrogens (tertiary/aromatic N) is 1. The van der Waals surface area contributed by atoms with Crippen LogP contribution in [-0.2, 0) is 4.79 Å². The van der Waals surface area contributed by atoms with Crippen LogP contribution >= 0.6 is 15.9 Å². The molecule has 2 aromatic rings. The first kappa shape index (κ1) is 18.5. The summed E-state index contributed by atoms with van der Waals surface area (Å²) in [6, 6.07) is 11.7.